The number of hydrogen-bond donors (Lipinski definition) is 0. The lowest BCUT2D eigenvalue weighted by Crippen LogP contribution is -2.57. The van der Waals surface area contributed by atoms with E-state index in [1.54, 1.807) is 11.3 Å². The molecule has 0 aliphatic carbocycles. The number of fused-ring (bicyclic) bond motifs is 1. The fourth-order valence-electron chi connectivity index (χ4n) is 5.17. The first-order valence-corrected chi connectivity index (χ1v) is 13.7. The molecule has 1 fully saturated rings. The van der Waals surface area contributed by atoms with E-state index < -0.39 is 0 Å². The van der Waals surface area contributed by atoms with Crippen molar-refractivity contribution in [2.75, 3.05) is 32.7 Å². The van der Waals surface area contributed by atoms with Crippen molar-refractivity contribution in [3.05, 3.63) is 79.7 Å². The van der Waals surface area contributed by atoms with E-state index in [2.05, 4.69) is 54.5 Å². The van der Waals surface area contributed by atoms with Crippen LogP contribution >= 0.6 is 22.7 Å². The summed E-state index contributed by atoms with van der Waals surface area (Å²) in [5.41, 5.74) is 3.83. The number of benzene rings is 1. The zero-order valence-corrected chi connectivity index (χ0v) is 21.4. The van der Waals surface area contributed by atoms with Gasteiger partial charge < -0.3 is 9.80 Å². The largest absolute Gasteiger partial charge is 0.338 e. The Morgan fingerprint density at radius 2 is 1.79 bits per heavy atom. The van der Waals surface area contributed by atoms with Gasteiger partial charge in [-0.25, -0.2) is 0 Å². The summed E-state index contributed by atoms with van der Waals surface area (Å²) >= 11 is 3.44. The van der Waals surface area contributed by atoms with Crippen molar-refractivity contribution >= 4 is 34.5 Å². The smallest absolute Gasteiger partial charge is 0.236 e. The van der Waals surface area contributed by atoms with Gasteiger partial charge in [-0.2, -0.15) is 0 Å². The zero-order chi connectivity index (χ0) is 23.7. The highest BCUT2D eigenvalue weighted by Gasteiger charge is 2.34. The van der Waals surface area contributed by atoms with E-state index in [0.717, 1.165) is 17.8 Å². The number of rotatable bonds is 5. The third-order valence-electron chi connectivity index (χ3n) is 7.00. The number of thiophene rings is 2. The Bertz CT molecular complexity index is 1140. The highest BCUT2D eigenvalue weighted by atomic mass is 32.1. The van der Waals surface area contributed by atoms with Gasteiger partial charge in [-0.05, 0) is 54.3 Å². The van der Waals surface area contributed by atoms with E-state index in [0.29, 0.717) is 32.6 Å². The minimum absolute atomic E-state index is 0.0305. The van der Waals surface area contributed by atoms with Crippen LogP contribution in [0.5, 0.6) is 0 Å². The van der Waals surface area contributed by atoms with Crippen LogP contribution in [-0.4, -0.2) is 65.3 Å². The second-order valence-electron chi connectivity index (χ2n) is 9.36. The number of hydrogen-bond acceptors (Lipinski definition) is 5. The van der Waals surface area contributed by atoms with Gasteiger partial charge in [-0.15, -0.1) is 22.7 Å². The van der Waals surface area contributed by atoms with Crippen LogP contribution in [0, 0.1) is 6.92 Å². The molecule has 0 radical (unpaired) electrons. The Kier molecular flexibility index (Phi) is 6.86. The highest BCUT2D eigenvalue weighted by molar-refractivity contribution is 7.10. The zero-order valence-electron chi connectivity index (χ0n) is 19.8. The van der Waals surface area contributed by atoms with Gasteiger partial charge in [-0.3, -0.25) is 14.5 Å². The van der Waals surface area contributed by atoms with Gasteiger partial charge in [0.1, 0.15) is 0 Å². The van der Waals surface area contributed by atoms with Crippen molar-refractivity contribution < 1.29 is 9.59 Å². The molecular weight excluding hydrogens is 462 g/mol. The van der Waals surface area contributed by atoms with Crippen molar-refractivity contribution in [2.45, 2.75) is 38.8 Å². The van der Waals surface area contributed by atoms with Crippen molar-refractivity contribution in [3.63, 3.8) is 0 Å². The van der Waals surface area contributed by atoms with E-state index in [1.165, 1.54) is 21.6 Å². The number of aryl methyl sites for hydroxylation is 1. The number of amides is 2. The molecule has 2 aliphatic rings. The van der Waals surface area contributed by atoms with E-state index >= 15 is 0 Å². The van der Waals surface area contributed by atoms with Gasteiger partial charge in [0.2, 0.25) is 11.8 Å². The fourth-order valence-corrected chi connectivity index (χ4v) is 6.77. The summed E-state index contributed by atoms with van der Waals surface area (Å²) in [6, 6.07) is 15.1. The average molecular weight is 494 g/mol. The summed E-state index contributed by atoms with van der Waals surface area (Å²) in [5, 5.41) is 4.18. The molecule has 2 aliphatic heterocycles. The maximum Gasteiger partial charge on any atom is 0.236 e. The molecule has 3 aromatic rings. The van der Waals surface area contributed by atoms with Crippen molar-refractivity contribution in [1.29, 1.82) is 0 Å². The first-order valence-electron chi connectivity index (χ1n) is 12.0. The first kappa shape index (κ1) is 23.3. The summed E-state index contributed by atoms with van der Waals surface area (Å²) in [6.07, 6.45) is 1.44. The molecule has 2 amide bonds. The summed E-state index contributed by atoms with van der Waals surface area (Å²) in [7, 11) is 0. The van der Waals surface area contributed by atoms with Crippen LogP contribution in [0.1, 0.15) is 39.4 Å². The molecule has 7 heteroatoms. The average Bonchev–Trinajstić information content (AvgIpc) is 3.51. The SMILES string of the molecule is Cc1ccc(C2c3ccsc3CCN2CC(=O)N2CCN(C(=O)Cc3cccs3)C(C)C2)cc1. The fraction of sp³-hybridized carbons (Fsp3) is 0.407. The highest BCUT2D eigenvalue weighted by Crippen LogP contribution is 2.37. The number of carbonyl (C=O) groups excluding carboxylic acids is 2. The third-order valence-corrected chi connectivity index (χ3v) is 8.88. The van der Waals surface area contributed by atoms with Crippen molar-refractivity contribution in [1.82, 2.24) is 14.7 Å². The lowest BCUT2D eigenvalue weighted by Gasteiger charge is -2.42. The van der Waals surface area contributed by atoms with E-state index in [9.17, 15) is 9.59 Å². The van der Waals surface area contributed by atoms with E-state index in [-0.39, 0.29) is 23.9 Å². The van der Waals surface area contributed by atoms with Crippen LogP contribution in [0.4, 0.5) is 0 Å². The number of carbonyl (C=O) groups is 2. The minimum atomic E-state index is 0.0305. The Hall–Kier alpha value is -2.48. The molecule has 2 aromatic heterocycles. The minimum Gasteiger partial charge on any atom is -0.338 e. The monoisotopic (exact) mass is 493 g/mol. The number of piperazine rings is 1. The maximum atomic E-state index is 13.4. The predicted molar refractivity (Wildman–Crippen MR) is 138 cm³/mol. The van der Waals surface area contributed by atoms with Crippen molar-refractivity contribution in [2.24, 2.45) is 0 Å². The molecule has 1 aromatic carbocycles. The van der Waals surface area contributed by atoms with Crippen LogP contribution < -0.4 is 0 Å². The molecule has 1 saturated heterocycles. The molecule has 2 unspecified atom stereocenters. The summed E-state index contributed by atoms with van der Waals surface area (Å²) in [6.45, 7) is 7.25. The first-order chi connectivity index (χ1) is 16.5. The normalized spacial score (nSPS) is 20.9. The third kappa shape index (κ3) is 4.83. The number of nitrogens with zero attached hydrogens (tertiary/aromatic N) is 3. The van der Waals surface area contributed by atoms with Crippen LogP contribution in [0.25, 0.3) is 0 Å². The molecule has 0 spiro atoms. The summed E-state index contributed by atoms with van der Waals surface area (Å²) < 4.78 is 0. The second kappa shape index (κ2) is 10.0. The molecular formula is C27H31N3O2S2. The molecule has 0 saturated carbocycles. The summed E-state index contributed by atoms with van der Waals surface area (Å²) in [4.78, 5) is 35.0. The molecule has 5 nitrogen and oxygen atoms in total. The van der Waals surface area contributed by atoms with Crippen LogP contribution in [0.3, 0.4) is 0 Å². The quantitative estimate of drug-likeness (QED) is 0.530. The molecule has 2 atom stereocenters. The van der Waals surface area contributed by atoms with Crippen molar-refractivity contribution in [3.8, 4) is 0 Å². The molecule has 5 rings (SSSR count). The Labute approximate surface area is 209 Å². The van der Waals surface area contributed by atoms with E-state index in [1.807, 2.05) is 38.6 Å². The van der Waals surface area contributed by atoms with Gasteiger partial charge in [-0.1, -0.05) is 35.9 Å². The molecule has 178 valence electrons. The lowest BCUT2D eigenvalue weighted by molar-refractivity contribution is -0.143. The van der Waals surface area contributed by atoms with Crippen LogP contribution in [0.2, 0.25) is 0 Å². The molecule has 4 heterocycles. The topological polar surface area (TPSA) is 43.9 Å². The van der Waals surface area contributed by atoms with Gasteiger partial charge in [0, 0.05) is 42.0 Å². The lowest BCUT2D eigenvalue weighted by atomic mass is 9.92. The molecule has 0 N–H and O–H groups in total. The second-order valence-corrected chi connectivity index (χ2v) is 11.4. The van der Waals surface area contributed by atoms with Gasteiger partial charge >= 0.3 is 0 Å². The van der Waals surface area contributed by atoms with Gasteiger partial charge in [0.15, 0.2) is 0 Å². The van der Waals surface area contributed by atoms with Crippen LogP contribution in [0.15, 0.2) is 53.2 Å². The Morgan fingerprint density at radius 3 is 2.53 bits per heavy atom. The Morgan fingerprint density at radius 1 is 0.971 bits per heavy atom. The molecule has 0 bridgehead atoms. The van der Waals surface area contributed by atoms with Gasteiger partial charge in [0.05, 0.1) is 19.0 Å². The van der Waals surface area contributed by atoms with E-state index in [4.69, 9.17) is 0 Å². The molecule has 34 heavy (non-hydrogen) atoms. The standard InChI is InChI=1S/C27H31N3O2S2/c1-19-5-7-21(8-6-19)27-23-10-15-34-24(23)9-11-29(27)18-26(32)28-12-13-30(20(2)17-28)25(31)16-22-4-3-14-33-22/h3-8,10,14-15,20,27H,9,11-13,16-18H2,1-2H3. The summed E-state index contributed by atoms with van der Waals surface area (Å²) in [5.74, 6) is 0.315. The predicted octanol–water partition coefficient (Wildman–Crippen LogP) is 4.37. The van der Waals surface area contributed by atoms with Crippen LogP contribution in [-0.2, 0) is 22.4 Å². The Balaban J connectivity index is 1.25. The maximum absolute atomic E-state index is 13.4. The van der Waals surface area contributed by atoms with Gasteiger partial charge in [0.25, 0.3) is 0 Å².